The standard InChI is InChI=1S/C15H22N2O2/c1-3-17(11-12-7-6-10-16-12)15(18)13-8-4-5-9-14(13)19-2/h4-5,8-9,12,16H,3,6-7,10-11H2,1-2H3. The first-order valence-electron chi connectivity index (χ1n) is 6.92. The summed E-state index contributed by atoms with van der Waals surface area (Å²) in [4.78, 5) is 14.5. The van der Waals surface area contributed by atoms with Gasteiger partial charge in [-0.3, -0.25) is 4.79 Å². The van der Waals surface area contributed by atoms with E-state index < -0.39 is 0 Å². The summed E-state index contributed by atoms with van der Waals surface area (Å²) in [7, 11) is 1.60. The number of hydrogen-bond acceptors (Lipinski definition) is 3. The number of amides is 1. The summed E-state index contributed by atoms with van der Waals surface area (Å²) in [6, 6.07) is 7.83. The van der Waals surface area contributed by atoms with Gasteiger partial charge in [-0.15, -0.1) is 0 Å². The minimum atomic E-state index is 0.0497. The summed E-state index contributed by atoms with van der Waals surface area (Å²) in [6.07, 6.45) is 2.35. The van der Waals surface area contributed by atoms with Crippen molar-refractivity contribution in [2.75, 3.05) is 26.7 Å². The monoisotopic (exact) mass is 262 g/mol. The van der Waals surface area contributed by atoms with Gasteiger partial charge in [0, 0.05) is 19.1 Å². The maximum atomic E-state index is 12.6. The number of likely N-dealkylation sites (N-methyl/N-ethyl adjacent to an activating group) is 1. The van der Waals surface area contributed by atoms with E-state index in [4.69, 9.17) is 4.74 Å². The topological polar surface area (TPSA) is 41.6 Å². The number of methoxy groups -OCH3 is 1. The molecule has 0 saturated carbocycles. The normalized spacial score (nSPS) is 18.3. The molecule has 0 spiro atoms. The number of ether oxygens (including phenoxy) is 1. The first-order valence-corrected chi connectivity index (χ1v) is 6.92. The van der Waals surface area contributed by atoms with Crippen LogP contribution in [0, 0.1) is 0 Å². The zero-order valence-electron chi connectivity index (χ0n) is 11.7. The minimum Gasteiger partial charge on any atom is -0.496 e. The van der Waals surface area contributed by atoms with E-state index in [1.807, 2.05) is 36.1 Å². The highest BCUT2D eigenvalue weighted by Crippen LogP contribution is 2.20. The van der Waals surface area contributed by atoms with E-state index in [9.17, 15) is 4.79 Å². The number of carbonyl (C=O) groups excluding carboxylic acids is 1. The van der Waals surface area contributed by atoms with Crippen LogP contribution in [0.15, 0.2) is 24.3 Å². The predicted molar refractivity (Wildman–Crippen MR) is 75.6 cm³/mol. The highest BCUT2D eigenvalue weighted by molar-refractivity contribution is 5.96. The second-order valence-corrected chi connectivity index (χ2v) is 4.84. The third-order valence-electron chi connectivity index (χ3n) is 3.61. The lowest BCUT2D eigenvalue weighted by atomic mass is 10.1. The van der Waals surface area contributed by atoms with Crippen molar-refractivity contribution in [1.29, 1.82) is 0 Å². The fourth-order valence-electron chi connectivity index (χ4n) is 2.53. The third-order valence-corrected chi connectivity index (χ3v) is 3.61. The molecule has 0 radical (unpaired) electrons. The van der Waals surface area contributed by atoms with Crippen molar-refractivity contribution in [3.63, 3.8) is 0 Å². The van der Waals surface area contributed by atoms with Crippen molar-refractivity contribution in [3.05, 3.63) is 29.8 Å². The van der Waals surface area contributed by atoms with Gasteiger partial charge in [-0.05, 0) is 38.4 Å². The van der Waals surface area contributed by atoms with Crippen LogP contribution in [0.4, 0.5) is 0 Å². The van der Waals surface area contributed by atoms with E-state index in [1.165, 1.54) is 6.42 Å². The average molecular weight is 262 g/mol. The molecule has 1 aliphatic heterocycles. The molecular weight excluding hydrogens is 240 g/mol. The van der Waals surface area contributed by atoms with Gasteiger partial charge in [-0.2, -0.15) is 0 Å². The Morgan fingerprint density at radius 2 is 2.26 bits per heavy atom. The summed E-state index contributed by atoms with van der Waals surface area (Å²) >= 11 is 0. The molecule has 1 aromatic carbocycles. The molecule has 4 nitrogen and oxygen atoms in total. The van der Waals surface area contributed by atoms with Crippen LogP contribution in [0.3, 0.4) is 0 Å². The number of nitrogens with one attached hydrogen (secondary N) is 1. The highest BCUT2D eigenvalue weighted by Gasteiger charge is 2.22. The molecule has 104 valence electrons. The predicted octanol–water partition coefficient (Wildman–Crippen LogP) is 1.91. The molecule has 0 aromatic heterocycles. The molecule has 1 unspecified atom stereocenters. The molecule has 2 rings (SSSR count). The minimum absolute atomic E-state index is 0.0497. The quantitative estimate of drug-likeness (QED) is 0.881. The van der Waals surface area contributed by atoms with E-state index in [0.29, 0.717) is 17.4 Å². The van der Waals surface area contributed by atoms with Crippen LogP contribution in [0.1, 0.15) is 30.1 Å². The van der Waals surface area contributed by atoms with Gasteiger partial charge in [0.25, 0.3) is 5.91 Å². The zero-order valence-corrected chi connectivity index (χ0v) is 11.7. The van der Waals surface area contributed by atoms with Gasteiger partial charge in [-0.1, -0.05) is 12.1 Å². The Hall–Kier alpha value is -1.55. The largest absolute Gasteiger partial charge is 0.496 e. The van der Waals surface area contributed by atoms with Crippen molar-refractivity contribution < 1.29 is 9.53 Å². The Morgan fingerprint density at radius 3 is 2.89 bits per heavy atom. The first kappa shape index (κ1) is 13.9. The molecule has 19 heavy (non-hydrogen) atoms. The molecule has 1 aromatic rings. The van der Waals surface area contributed by atoms with Crippen molar-refractivity contribution in [2.45, 2.75) is 25.8 Å². The first-order chi connectivity index (χ1) is 9.26. The lowest BCUT2D eigenvalue weighted by Crippen LogP contribution is -2.41. The summed E-state index contributed by atoms with van der Waals surface area (Å²) in [5, 5.41) is 3.43. The summed E-state index contributed by atoms with van der Waals surface area (Å²) in [5.74, 6) is 0.694. The molecule has 1 fully saturated rings. The van der Waals surface area contributed by atoms with Crippen molar-refractivity contribution >= 4 is 5.91 Å². The van der Waals surface area contributed by atoms with Crippen LogP contribution in [-0.4, -0.2) is 43.6 Å². The van der Waals surface area contributed by atoms with Crippen LogP contribution in [0.5, 0.6) is 5.75 Å². The third kappa shape index (κ3) is 3.26. The van der Waals surface area contributed by atoms with Crippen LogP contribution >= 0.6 is 0 Å². The Morgan fingerprint density at radius 1 is 1.47 bits per heavy atom. The molecule has 1 atom stereocenters. The van der Waals surface area contributed by atoms with Gasteiger partial charge in [-0.25, -0.2) is 0 Å². The number of carbonyl (C=O) groups is 1. The Bertz CT molecular complexity index is 428. The van der Waals surface area contributed by atoms with Crippen molar-refractivity contribution in [2.24, 2.45) is 0 Å². The summed E-state index contributed by atoms with van der Waals surface area (Å²) < 4.78 is 5.27. The highest BCUT2D eigenvalue weighted by atomic mass is 16.5. The van der Waals surface area contributed by atoms with Crippen molar-refractivity contribution in [3.8, 4) is 5.75 Å². The van der Waals surface area contributed by atoms with Crippen LogP contribution in [-0.2, 0) is 0 Å². The van der Waals surface area contributed by atoms with E-state index in [2.05, 4.69) is 5.32 Å². The van der Waals surface area contributed by atoms with Crippen molar-refractivity contribution in [1.82, 2.24) is 10.2 Å². The number of benzene rings is 1. The lowest BCUT2D eigenvalue weighted by Gasteiger charge is -2.25. The van der Waals surface area contributed by atoms with Gasteiger partial charge in [0.05, 0.1) is 12.7 Å². The Kier molecular flexibility index (Phi) is 4.80. The second-order valence-electron chi connectivity index (χ2n) is 4.84. The lowest BCUT2D eigenvalue weighted by molar-refractivity contribution is 0.0748. The van der Waals surface area contributed by atoms with Gasteiger partial charge in [0.1, 0.15) is 5.75 Å². The number of rotatable bonds is 5. The Balaban J connectivity index is 2.10. The van der Waals surface area contributed by atoms with Gasteiger partial charge in [0.2, 0.25) is 0 Å². The SMILES string of the molecule is CCN(CC1CCCN1)C(=O)c1ccccc1OC. The maximum Gasteiger partial charge on any atom is 0.257 e. The molecule has 0 bridgehead atoms. The molecule has 4 heteroatoms. The van der Waals surface area contributed by atoms with E-state index >= 15 is 0 Å². The molecule has 1 heterocycles. The molecule has 0 aliphatic carbocycles. The zero-order chi connectivity index (χ0) is 13.7. The molecule has 1 aliphatic rings. The fourth-order valence-corrected chi connectivity index (χ4v) is 2.53. The van der Waals surface area contributed by atoms with Gasteiger partial charge in [0.15, 0.2) is 0 Å². The van der Waals surface area contributed by atoms with Crippen LogP contribution in [0.2, 0.25) is 0 Å². The molecule has 1 amide bonds. The molecule has 1 N–H and O–H groups in total. The summed E-state index contributed by atoms with van der Waals surface area (Å²) in [6.45, 7) is 4.57. The average Bonchev–Trinajstić information content (AvgIpc) is 2.97. The fraction of sp³-hybridized carbons (Fsp3) is 0.533. The summed E-state index contributed by atoms with van der Waals surface area (Å²) in [5.41, 5.74) is 0.643. The second kappa shape index (κ2) is 6.57. The molecular formula is C15H22N2O2. The van der Waals surface area contributed by atoms with Crippen LogP contribution < -0.4 is 10.1 Å². The van der Waals surface area contributed by atoms with Gasteiger partial charge >= 0.3 is 0 Å². The van der Waals surface area contributed by atoms with Crippen LogP contribution in [0.25, 0.3) is 0 Å². The van der Waals surface area contributed by atoms with E-state index in [-0.39, 0.29) is 5.91 Å². The maximum absolute atomic E-state index is 12.6. The number of hydrogen-bond donors (Lipinski definition) is 1. The number of para-hydroxylation sites is 1. The Labute approximate surface area is 114 Å². The van der Waals surface area contributed by atoms with E-state index in [1.54, 1.807) is 7.11 Å². The van der Waals surface area contributed by atoms with Gasteiger partial charge < -0.3 is 15.0 Å². The molecule has 1 saturated heterocycles. The van der Waals surface area contributed by atoms with E-state index in [0.717, 1.165) is 26.1 Å². The number of nitrogens with zero attached hydrogens (tertiary/aromatic N) is 1. The smallest absolute Gasteiger partial charge is 0.257 e.